The molecule has 7 nitrogen and oxygen atoms in total. The smallest absolute Gasteiger partial charge is 0.328 e. The van der Waals surface area contributed by atoms with Crippen LogP contribution in [0.25, 0.3) is 0 Å². The van der Waals surface area contributed by atoms with Crippen molar-refractivity contribution in [3.63, 3.8) is 0 Å². The molecule has 4 rings (SSSR count). The van der Waals surface area contributed by atoms with Gasteiger partial charge in [-0.15, -0.1) is 0 Å². The highest BCUT2D eigenvalue weighted by Crippen LogP contribution is 2.40. The number of rotatable bonds is 11. The van der Waals surface area contributed by atoms with Crippen molar-refractivity contribution < 1.29 is 29.3 Å². The van der Waals surface area contributed by atoms with Gasteiger partial charge < -0.3 is 19.8 Å². The van der Waals surface area contributed by atoms with Gasteiger partial charge in [0.25, 0.3) is 0 Å². The second kappa shape index (κ2) is 12.7. The van der Waals surface area contributed by atoms with E-state index >= 15 is 0 Å². The maximum Gasteiger partial charge on any atom is 0.328 e. The topological polar surface area (TPSA) is 104 Å². The third-order valence-corrected chi connectivity index (χ3v) is 6.47. The molecular weight excluding hydrogens is 514 g/mol. The Labute approximate surface area is 213 Å². The van der Waals surface area contributed by atoms with Gasteiger partial charge in [-0.05, 0) is 92.6 Å². The van der Waals surface area contributed by atoms with Crippen molar-refractivity contribution in [1.82, 2.24) is 4.90 Å². The average molecular weight is 544 g/mol. The lowest BCUT2D eigenvalue weighted by atomic mass is 10.0. The molecule has 2 atom stereocenters. The van der Waals surface area contributed by atoms with E-state index in [1.54, 1.807) is 0 Å². The number of nitrogens with zero attached hydrogens (tertiary/aromatic N) is 1. The van der Waals surface area contributed by atoms with Crippen LogP contribution in [0.3, 0.4) is 0 Å². The largest absolute Gasteiger partial charge is 0.493 e. The number of hydrogen-bond donors (Lipinski definition) is 2. The highest BCUT2D eigenvalue weighted by molar-refractivity contribution is 9.10. The van der Waals surface area contributed by atoms with Crippen LogP contribution in [0, 0.1) is 17.8 Å². The summed E-state index contributed by atoms with van der Waals surface area (Å²) >= 11 is 3.39. The molecule has 2 unspecified atom stereocenters. The van der Waals surface area contributed by atoms with E-state index in [4.69, 9.17) is 14.9 Å². The lowest BCUT2D eigenvalue weighted by Gasteiger charge is -2.16. The molecular formula is C27H30BrNO6. The summed E-state index contributed by atoms with van der Waals surface area (Å²) in [6.45, 7) is 3.24. The van der Waals surface area contributed by atoms with Crippen molar-refractivity contribution in [2.75, 3.05) is 26.7 Å². The Hall–Kier alpha value is -2.97. The molecule has 186 valence electrons. The van der Waals surface area contributed by atoms with Crippen molar-refractivity contribution >= 4 is 33.7 Å². The van der Waals surface area contributed by atoms with Crippen molar-refractivity contribution in [2.45, 2.75) is 19.3 Å². The Balaban J connectivity index is 0.000000371. The zero-order valence-corrected chi connectivity index (χ0v) is 21.2. The summed E-state index contributed by atoms with van der Waals surface area (Å²) < 4.78 is 6.93. The second-order valence-corrected chi connectivity index (χ2v) is 10.0. The monoisotopic (exact) mass is 543 g/mol. The lowest BCUT2D eigenvalue weighted by Crippen LogP contribution is -2.24. The number of halogens is 1. The number of aliphatic carboxylic acids is 2. The van der Waals surface area contributed by atoms with Crippen LogP contribution in [0.2, 0.25) is 0 Å². The maximum atomic E-state index is 12.5. The van der Waals surface area contributed by atoms with Crippen LogP contribution in [0.4, 0.5) is 0 Å². The molecule has 2 aromatic carbocycles. The van der Waals surface area contributed by atoms with E-state index in [2.05, 4.69) is 27.9 Å². The van der Waals surface area contributed by atoms with Crippen molar-refractivity contribution in [3.8, 4) is 5.75 Å². The summed E-state index contributed by atoms with van der Waals surface area (Å²) in [5.74, 6) is 0.791. The van der Waals surface area contributed by atoms with Gasteiger partial charge in [0.15, 0.2) is 5.78 Å². The first-order valence-electron chi connectivity index (χ1n) is 11.6. The van der Waals surface area contributed by atoms with E-state index in [0.717, 1.165) is 28.7 Å². The van der Waals surface area contributed by atoms with E-state index in [-0.39, 0.29) is 5.78 Å². The molecule has 35 heavy (non-hydrogen) atoms. The number of ketones is 1. The fourth-order valence-electron chi connectivity index (χ4n) is 3.77. The molecule has 0 amide bonds. The van der Waals surface area contributed by atoms with Crippen LogP contribution in [0.15, 0.2) is 65.2 Å². The van der Waals surface area contributed by atoms with Gasteiger partial charge in [0.2, 0.25) is 0 Å². The van der Waals surface area contributed by atoms with E-state index in [1.807, 2.05) is 48.5 Å². The molecule has 2 aromatic rings. The number of ether oxygens (including phenoxy) is 1. The Bertz CT molecular complexity index is 1030. The van der Waals surface area contributed by atoms with Gasteiger partial charge in [-0.2, -0.15) is 0 Å². The second-order valence-electron chi connectivity index (χ2n) is 9.10. The first kappa shape index (κ1) is 26.6. The standard InChI is InChI=1S/C23H26BrNO2.C4H4O4/c1-25(13-16-2-3-16)14-19-12-20(19)15-27-22-10-6-18(7-11-22)23(26)17-4-8-21(24)9-5-17;5-3(6)1-2-4(7)8/h4-11,16,19-20H,2-3,12-15H2,1H3;1-2H,(H,5,6)(H,7,8)/b;2-1+. The van der Waals surface area contributed by atoms with E-state index in [1.165, 1.54) is 32.4 Å². The maximum absolute atomic E-state index is 12.5. The van der Waals surface area contributed by atoms with E-state index < -0.39 is 11.9 Å². The predicted molar refractivity (Wildman–Crippen MR) is 136 cm³/mol. The molecule has 2 aliphatic rings. The normalized spacial score (nSPS) is 18.6. The van der Waals surface area contributed by atoms with Crippen molar-refractivity contribution in [3.05, 3.63) is 76.3 Å². The average Bonchev–Trinajstić information content (AvgIpc) is 3.76. The minimum atomic E-state index is -1.26. The van der Waals surface area contributed by atoms with Gasteiger partial charge in [0.1, 0.15) is 5.75 Å². The van der Waals surface area contributed by atoms with Crippen molar-refractivity contribution in [1.29, 1.82) is 0 Å². The number of benzene rings is 2. The molecule has 8 heteroatoms. The van der Waals surface area contributed by atoms with Crippen molar-refractivity contribution in [2.24, 2.45) is 17.8 Å². The number of carbonyl (C=O) groups is 3. The van der Waals surface area contributed by atoms with Gasteiger partial charge in [0, 0.05) is 40.8 Å². The SMILES string of the molecule is CN(CC1CC1)CC1CC1COc1ccc(C(=O)c2ccc(Br)cc2)cc1.O=C(O)/C=C/C(=O)O. The van der Waals surface area contributed by atoms with Gasteiger partial charge >= 0.3 is 11.9 Å². The first-order valence-corrected chi connectivity index (χ1v) is 12.4. The van der Waals surface area contributed by atoms with Crippen LogP contribution in [0.5, 0.6) is 5.75 Å². The number of carboxylic acid groups (broad SMARTS) is 2. The van der Waals surface area contributed by atoms with Crippen LogP contribution >= 0.6 is 15.9 Å². The molecule has 2 fully saturated rings. The van der Waals surface area contributed by atoms with Gasteiger partial charge in [-0.1, -0.05) is 15.9 Å². The van der Waals surface area contributed by atoms with Gasteiger partial charge in [0.05, 0.1) is 6.61 Å². The van der Waals surface area contributed by atoms with Crippen LogP contribution in [-0.4, -0.2) is 59.6 Å². The minimum absolute atomic E-state index is 0.0370. The summed E-state index contributed by atoms with van der Waals surface area (Å²) in [7, 11) is 2.25. The van der Waals surface area contributed by atoms with E-state index in [0.29, 0.717) is 29.2 Å². The predicted octanol–water partition coefficient (Wildman–Crippen LogP) is 4.75. The summed E-state index contributed by atoms with van der Waals surface area (Å²) in [4.78, 5) is 34.1. The van der Waals surface area contributed by atoms with Crippen LogP contribution in [-0.2, 0) is 9.59 Å². The molecule has 0 heterocycles. The summed E-state index contributed by atoms with van der Waals surface area (Å²) in [6, 6.07) is 15.0. The third kappa shape index (κ3) is 9.66. The van der Waals surface area contributed by atoms with E-state index in [9.17, 15) is 14.4 Å². The molecule has 2 saturated carbocycles. The zero-order valence-electron chi connectivity index (χ0n) is 19.6. The number of carboxylic acids is 2. The highest BCUT2D eigenvalue weighted by Gasteiger charge is 2.38. The minimum Gasteiger partial charge on any atom is -0.493 e. The Kier molecular flexibility index (Phi) is 9.63. The third-order valence-electron chi connectivity index (χ3n) is 5.94. The Morgan fingerprint density at radius 2 is 1.46 bits per heavy atom. The number of hydrogen-bond acceptors (Lipinski definition) is 5. The Morgan fingerprint density at radius 3 is 1.97 bits per heavy atom. The summed E-state index contributed by atoms with van der Waals surface area (Å²) in [5, 5.41) is 15.6. The molecule has 0 bridgehead atoms. The number of carbonyl (C=O) groups excluding carboxylic acids is 1. The molecule has 2 N–H and O–H groups in total. The molecule has 2 aliphatic carbocycles. The fraction of sp³-hybridized carbons (Fsp3) is 0.370. The van der Waals surface area contributed by atoms with Gasteiger partial charge in [-0.3, -0.25) is 4.79 Å². The zero-order chi connectivity index (χ0) is 25.4. The first-order chi connectivity index (χ1) is 16.7. The molecule has 0 spiro atoms. The molecule has 0 aromatic heterocycles. The van der Waals surface area contributed by atoms with Gasteiger partial charge in [-0.25, -0.2) is 9.59 Å². The quantitative estimate of drug-likeness (QED) is 0.311. The van der Waals surface area contributed by atoms with Crippen LogP contribution < -0.4 is 4.74 Å². The summed E-state index contributed by atoms with van der Waals surface area (Å²) in [5.41, 5.74) is 1.39. The summed E-state index contributed by atoms with van der Waals surface area (Å²) in [6.07, 6.45) is 5.23. The Morgan fingerprint density at radius 1 is 0.914 bits per heavy atom. The molecule has 0 saturated heterocycles. The highest BCUT2D eigenvalue weighted by atomic mass is 79.9. The molecule has 0 radical (unpaired) electrons. The molecule has 0 aliphatic heterocycles. The van der Waals surface area contributed by atoms with Crippen LogP contribution in [0.1, 0.15) is 35.2 Å². The lowest BCUT2D eigenvalue weighted by molar-refractivity contribution is -0.134. The fourth-order valence-corrected chi connectivity index (χ4v) is 4.03.